The smallest absolute Gasteiger partial charge is 0.310 e. The first-order valence-corrected chi connectivity index (χ1v) is 12.4. The van der Waals surface area contributed by atoms with Gasteiger partial charge in [0.05, 0.1) is 11.5 Å². The average Bonchev–Trinajstić information content (AvgIpc) is 2.78. The van der Waals surface area contributed by atoms with Crippen LogP contribution in [0.4, 0.5) is 4.39 Å². The van der Waals surface area contributed by atoms with Gasteiger partial charge >= 0.3 is 5.97 Å². The molecule has 2 saturated carbocycles. The van der Waals surface area contributed by atoms with Crippen LogP contribution < -0.4 is 0 Å². The molecule has 0 heterocycles. The minimum Gasteiger partial charge on any atom is -0.481 e. The van der Waals surface area contributed by atoms with E-state index in [2.05, 4.69) is 6.92 Å². The van der Waals surface area contributed by atoms with Crippen molar-refractivity contribution in [3.8, 4) is 6.07 Å². The molecule has 0 radical (unpaired) electrons. The lowest BCUT2D eigenvalue weighted by Gasteiger charge is -2.38. The number of carbonyl (C=O) groups is 1. The molecule has 3 rings (SSSR count). The van der Waals surface area contributed by atoms with Gasteiger partial charge in [0.25, 0.3) is 0 Å². The maximum Gasteiger partial charge on any atom is 0.310 e. The van der Waals surface area contributed by atoms with Gasteiger partial charge in [-0.1, -0.05) is 64.4 Å². The van der Waals surface area contributed by atoms with Gasteiger partial charge in [0, 0.05) is 0 Å². The second-order valence-corrected chi connectivity index (χ2v) is 10.0. The quantitative estimate of drug-likeness (QED) is 0.416. The molecule has 0 bridgehead atoms. The number of benzene rings is 1. The first-order valence-electron chi connectivity index (χ1n) is 12.4. The fourth-order valence-corrected chi connectivity index (χ4v) is 6.08. The molecular weight excluding hydrogens is 389 g/mol. The van der Waals surface area contributed by atoms with Crippen molar-refractivity contribution in [1.82, 2.24) is 0 Å². The number of aliphatic carboxylic acids is 1. The summed E-state index contributed by atoms with van der Waals surface area (Å²) in [6, 6.07) is 6.04. The number of nitriles is 1. The predicted molar refractivity (Wildman–Crippen MR) is 121 cm³/mol. The zero-order valence-electron chi connectivity index (χ0n) is 19.0. The Labute approximate surface area is 187 Å². The normalized spacial score (nSPS) is 27.4. The minimum absolute atomic E-state index is 0.0338. The minimum atomic E-state index is -0.896. The fourth-order valence-electron chi connectivity index (χ4n) is 6.08. The van der Waals surface area contributed by atoms with Crippen LogP contribution in [0.3, 0.4) is 0 Å². The molecule has 2 aliphatic carbocycles. The van der Waals surface area contributed by atoms with Crippen molar-refractivity contribution in [3.05, 3.63) is 35.1 Å². The van der Waals surface area contributed by atoms with Gasteiger partial charge in [-0.2, -0.15) is 5.26 Å². The third-order valence-corrected chi connectivity index (χ3v) is 8.05. The summed E-state index contributed by atoms with van der Waals surface area (Å²) in [5.41, 5.74) is 0.445. The molecule has 2 aliphatic rings. The average molecular weight is 428 g/mol. The lowest BCUT2D eigenvalue weighted by atomic mass is 9.67. The Hall–Kier alpha value is -1.89. The zero-order valence-corrected chi connectivity index (χ0v) is 19.0. The van der Waals surface area contributed by atoms with Crippen LogP contribution in [0.2, 0.25) is 0 Å². The SMILES string of the molecule is CCCCCC1CCC(C2CCC(CC(C(=O)O)c3ccc(C#N)c(F)c3)CC2)CC1. The summed E-state index contributed by atoms with van der Waals surface area (Å²) in [5, 5.41) is 18.7. The molecule has 0 aliphatic heterocycles. The van der Waals surface area contributed by atoms with Crippen molar-refractivity contribution in [3.63, 3.8) is 0 Å². The van der Waals surface area contributed by atoms with Crippen molar-refractivity contribution in [2.45, 2.75) is 96.3 Å². The molecule has 1 atom stereocenters. The van der Waals surface area contributed by atoms with E-state index >= 15 is 0 Å². The topological polar surface area (TPSA) is 61.1 Å². The molecule has 170 valence electrons. The lowest BCUT2D eigenvalue weighted by Crippen LogP contribution is -2.27. The highest BCUT2D eigenvalue weighted by Crippen LogP contribution is 2.44. The number of rotatable bonds is 9. The first kappa shape index (κ1) is 23.8. The molecule has 3 nitrogen and oxygen atoms in total. The highest BCUT2D eigenvalue weighted by molar-refractivity contribution is 5.76. The molecular formula is C27H38FNO2. The van der Waals surface area contributed by atoms with E-state index in [1.54, 1.807) is 12.1 Å². The first-order chi connectivity index (χ1) is 15.0. The standard InChI is InChI=1S/C27H38FNO2/c1-2-3-4-5-19-6-10-21(11-7-19)22-12-8-20(9-13-22)16-25(27(30)31)23-14-15-24(18-29)26(28)17-23/h14-15,17,19-22,25H,2-13,16H2,1H3,(H,30,31). The van der Waals surface area contributed by atoms with Crippen LogP contribution in [0, 0.1) is 40.8 Å². The molecule has 0 amide bonds. The van der Waals surface area contributed by atoms with Crippen LogP contribution in [0.25, 0.3) is 0 Å². The lowest BCUT2D eigenvalue weighted by molar-refractivity contribution is -0.139. The second-order valence-electron chi connectivity index (χ2n) is 10.0. The Kier molecular flexibility index (Phi) is 8.93. The van der Waals surface area contributed by atoms with Gasteiger partial charge in [-0.25, -0.2) is 4.39 Å². The summed E-state index contributed by atoms with van der Waals surface area (Å²) < 4.78 is 14.0. The third-order valence-electron chi connectivity index (χ3n) is 8.05. The van der Waals surface area contributed by atoms with Crippen LogP contribution in [0.15, 0.2) is 18.2 Å². The van der Waals surface area contributed by atoms with Gasteiger partial charge < -0.3 is 5.11 Å². The monoisotopic (exact) mass is 427 g/mol. The van der Waals surface area contributed by atoms with Crippen LogP contribution in [-0.2, 0) is 4.79 Å². The molecule has 0 aromatic heterocycles. The summed E-state index contributed by atoms with van der Waals surface area (Å²) in [5.74, 6) is 0.801. The molecule has 31 heavy (non-hydrogen) atoms. The zero-order chi connectivity index (χ0) is 22.2. The molecule has 4 heteroatoms. The Bertz CT molecular complexity index is 755. The van der Waals surface area contributed by atoms with Crippen molar-refractivity contribution in [2.24, 2.45) is 23.7 Å². The Morgan fingerprint density at radius 2 is 1.68 bits per heavy atom. The number of unbranched alkanes of at least 4 members (excludes halogenated alkanes) is 2. The Morgan fingerprint density at radius 1 is 1.06 bits per heavy atom. The summed E-state index contributed by atoms with van der Waals surface area (Å²) in [7, 11) is 0. The van der Waals surface area contributed by atoms with Crippen LogP contribution in [-0.4, -0.2) is 11.1 Å². The number of carboxylic acid groups (broad SMARTS) is 1. The summed E-state index contributed by atoms with van der Waals surface area (Å²) >= 11 is 0. The molecule has 2 fully saturated rings. The fraction of sp³-hybridized carbons (Fsp3) is 0.704. The Morgan fingerprint density at radius 3 is 2.19 bits per heavy atom. The van der Waals surface area contributed by atoms with Crippen molar-refractivity contribution < 1.29 is 14.3 Å². The number of nitrogens with zero attached hydrogens (tertiary/aromatic N) is 1. The molecule has 1 N–H and O–H groups in total. The molecule has 1 aromatic rings. The van der Waals surface area contributed by atoms with Crippen molar-refractivity contribution in [2.75, 3.05) is 0 Å². The van der Waals surface area contributed by atoms with E-state index in [1.807, 2.05) is 0 Å². The predicted octanol–water partition coefficient (Wildman–Crippen LogP) is 7.45. The largest absolute Gasteiger partial charge is 0.481 e. The van der Waals surface area contributed by atoms with Gasteiger partial charge in [-0.3, -0.25) is 4.79 Å². The number of carboxylic acids is 1. The van der Waals surface area contributed by atoms with Gasteiger partial charge in [0.1, 0.15) is 11.9 Å². The summed E-state index contributed by atoms with van der Waals surface area (Å²) in [6.45, 7) is 2.27. The number of halogens is 1. The van der Waals surface area contributed by atoms with E-state index < -0.39 is 17.7 Å². The number of hydrogen-bond acceptors (Lipinski definition) is 2. The molecule has 1 aromatic carbocycles. The van der Waals surface area contributed by atoms with E-state index in [0.29, 0.717) is 17.9 Å². The van der Waals surface area contributed by atoms with E-state index in [-0.39, 0.29) is 5.56 Å². The maximum absolute atomic E-state index is 14.0. The number of hydrogen-bond donors (Lipinski definition) is 1. The van der Waals surface area contributed by atoms with Gasteiger partial charge in [-0.15, -0.1) is 0 Å². The van der Waals surface area contributed by atoms with Crippen LogP contribution in [0.1, 0.15) is 107 Å². The van der Waals surface area contributed by atoms with Crippen LogP contribution in [0.5, 0.6) is 0 Å². The van der Waals surface area contributed by atoms with Crippen molar-refractivity contribution >= 4 is 5.97 Å². The second kappa shape index (κ2) is 11.7. The van der Waals surface area contributed by atoms with Gasteiger partial charge in [-0.05, 0) is 73.5 Å². The van der Waals surface area contributed by atoms with E-state index in [0.717, 1.165) is 30.6 Å². The van der Waals surface area contributed by atoms with E-state index in [1.165, 1.54) is 76.3 Å². The summed E-state index contributed by atoms with van der Waals surface area (Å²) in [4.78, 5) is 11.9. The van der Waals surface area contributed by atoms with E-state index in [9.17, 15) is 14.3 Å². The van der Waals surface area contributed by atoms with Gasteiger partial charge in [0.2, 0.25) is 0 Å². The van der Waals surface area contributed by atoms with Gasteiger partial charge in [0.15, 0.2) is 0 Å². The summed E-state index contributed by atoms with van der Waals surface area (Å²) in [6.07, 6.45) is 16.2. The highest BCUT2D eigenvalue weighted by Gasteiger charge is 2.33. The molecule has 0 saturated heterocycles. The maximum atomic E-state index is 14.0. The van der Waals surface area contributed by atoms with E-state index in [4.69, 9.17) is 5.26 Å². The van der Waals surface area contributed by atoms with Crippen molar-refractivity contribution in [1.29, 1.82) is 5.26 Å². The third kappa shape index (κ3) is 6.55. The van der Waals surface area contributed by atoms with Crippen LogP contribution >= 0.6 is 0 Å². The molecule has 0 spiro atoms. The molecule has 1 unspecified atom stereocenters. The Balaban J connectivity index is 1.47. The highest BCUT2D eigenvalue weighted by atomic mass is 19.1.